The Hall–Kier alpha value is -2.92. The van der Waals surface area contributed by atoms with E-state index in [0.29, 0.717) is 10.7 Å². The van der Waals surface area contributed by atoms with Crippen LogP contribution in [0.4, 0.5) is 18.9 Å². The van der Waals surface area contributed by atoms with Crippen molar-refractivity contribution in [2.45, 2.75) is 26.1 Å². The molecular formula is C11H10F3N5O4. The van der Waals surface area contributed by atoms with E-state index < -0.39 is 45.6 Å². The molecule has 1 aromatic carbocycles. The minimum atomic E-state index is -4.93. The van der Waals surface area contributed by atoms with Gasteiger partial charge >= 0.3 is 11.9 Å². The molecule has 23 heavy (non-hydrogen) atoms. The van der Waals surface area contributed by atoms with Crippen LogP contribution in [-0.4, -0.2) is 31.2 Å². The lowest BCUT2D eigenvalue weighted by atomic mass is 10.1. The fourth-order valence-corrected chi connectivity index (χ4v) is 1.79. The first kappa shape index (κ1) is 16.5. The smallest absolute Gasteiger partial charge is 0.420 e. The maximum atomic E-state index is 13.2. The predicted molar refractivity (Wildman–Crippen MR) is 69.4 cm³/mol. The van der Waals surface area contributed by atoms with Crippen molar-refractivity contribution in [3.8, 4) is 11.4 Å². The number of H-pyrrole nitrogens is 1. The van der Waals surface area contributed by atoms with Crippen molar-refractivity contribution in [1.82, 2.24) is 20.2 Å². The number of ether oxygens (including phenoxy) is 1. The number of rotatable bonds is 4. The number of benzene rings is 1. The summed E-state index contributed by atoms with van der Waals surface area (Å²) < 4.78 is 45.3. The van der Waals surface area contributed by atoms with Crippen LogP contribution in [0.15, 0.2) is 16.9 Å². The summed E-state index contributed by atoms with van der Waals surface area (Å²) in [6, 6.07) is 1.10. The Labute approximate surface area is 125 Å². The van der Waals surface area contributed by atoms with Gasteiger partial charge in [-0.2, -0.15) is 17.9 Å². The summed E-state index contributed by atoms with van der Waals surface area (Å²) in [4.78, 5) is 21.5. The van der Waals surface area contributed by atoms with Gasteiger partial charge < -0.3 is 4.74 Å². The number of non-ortho nitro benzene ring substituents is 1. The van der Waals surface area contributed by atoms with Gasteiger partial charge in [0.25, 0.3) is 5.69 Å². The molecule has 0 fully saturated rings. The molecule has 0 aliphatic heterocycles. The van der Waals surface area contributed by atoms with Crippen LogP contribution >= 0.6 is 0 Å². The molecule has 0 saturated heterocycles. The summed E-state index contributed by atoms with van der Waals surface area (Å²) in [5, 5.41) is 19.2. The number of aromatic amines is 1. The zero-order valence-electron chi connectivity index (χ0n) is 11.8. The van der Waals surface area contributed by atoms with Crippen LogP contribution < -0.4 is 10.4 Å². The number of alkyl halides is 3. The number of hydrogen-bond donors (Lipinski definition) is 1. The highest BCUT2D eigenvalue weighted by molar-refractivity contribution is 5.59. The average molecular weight is 333 g/mol. The molecule has 124 valence electrons. The van der Waals surface area contributed by atoms with Crippen molar-refractivity contribution in [2.75, 3.05) is 0 Å². The lowest BCUT2D eigenvalue weighted by Gasteiger charge is -2.18. The van der Waals surface area contributed by atoms with Gasteiger partial charge in [-0.25, -0.2) is 9.89 Å². The van der Waals surface area contributed by atoms with Crippen LogP contribution in [0.1, 0.15) is 19.4 Å². The van der Waals surface area contributed by atoms with Crippen molar-refractivity contribution in [3.63, 3.8) is 0 Å². The van der Waals surface area contributed by atoms with Gasteiger partial charge in [-0.05, 0) is 24.3 Å². The third-order valence-electron chi connectivity index (χ3n) is 2.62. The van der Waals surface area contributed by atoms with Crippen molar-refractivity contribution >= 4 is 5.69 Å². The zero-order valence-corrected chi connectivity index (χ0v) is 11.8. The van der Waals surface area contributed by atoms with Crippen LogP contribution in [0.5, 0.6) is 5.75 Å². The van der Waals surface area contributed by atoms with Gasteiger partial charge in [0.1, 0.15) is 11.3 Å². The van der Waals surface area contributed by atoms with Gasteiger partial charge in [-0.15, -0.1) is 0 Å². The lowest BCUT2D eigenvalue weighted by Crippen LogP contribution is -2.21. The molecule has 0 atom stereocenters. The van der Waals surface area contributed by atoms with Crippen LogP contribution in [0.3, 0.4) is 0 Å². The highest BCUT2D eigenvalue weighted by Gasteiger charge is 2.39. The quantitative estimate of drug-likeness (QED) is 0.672. The SMILES string of the molecule is CC(C)Oc1c(-n2nn[nH]c2=O)cc([N+](=O)[O-])cc1C(F)(F)F. The Bertz CT molecular complexity index is 796. The highest BCUT2D eigenvalue weighted by Crippen LogP contribution is 2.42. The summed E-state index contributed by atoms with van der Waals surface area (Å²) in [5.74, 6) is -0.742. The van der Waals surface area contributed by atoms with Gasteiger partial charge in [-0.3, -0.25) is 10.1 Å². The number of nitrogens with zero attached hydrogens (tertiary/aromatic N) is 4. The lowest BCUT2D eigenvalue weighted by molar-refractivity contribution is -0.385. The van der Waals surface area contributed by atoms with Crippen LogP contribution in [0.25, 0.3) is 5.69 Å². The summed E-state index contributed by atoms with van der Waals surface area (Å²) in [7, 11) is 0. The Morgan fingerprint density at radius 1 is 1.39 bits per heavy atom. The largest absolute Gasteiger partial charge is 0.488 e. The number of halogens is 3. The van der Waals surface area contributed by atoms with E-state index in [-0.39, 0.29) is 0 Å². The van der Waals surface area contributed by atoms with E-state index >= 15 is 0 Å². The highest BCUT2D eigenvalue weighted by atomic mass is 19.4. The molecule has 9 nitrogen and oxygen atoms in total. The summed E-state index contributed by atoms with van der Waals surface area (Å²) >= 11 is 0. The molecule has 0 saturated carbocycles. The number of nitro groups is 1. The van der Waals surface area contributed by atoms with E-state index in [1.165, 1.54) is 13.8 Å². The van der Waals surface area contributed by atoms with Crippen LogP contribution in [-0.2, 0) is 6.18 Å². The van der Waals surface area contributed by atoms with Gasteiger partial charge in [0.05, 0.1) is 11.0 Å². The fraction of sp³-hybridized carbons (Fsp3) is 0.364. The topological polar surface area (TPSA) is 116 Å². The first-order valence-electron chi connectivity index (χ1n) is 6.18. The number of hydrogen-bond acceptors (Lipinski definition) is 6. The molecule has 1 N–H and O–H groups in total. The molecule has 2 rings (SSSR count). The van der Waals surface area contributed by atoms with Crippen LogP contribution in [0, 0.1) is 10.1 Å². The minimum Gasteiger partial charge on any atom is -0.488 e. The van der Waals surface area contributed by atoms with E-state index in [4.69, 9.17) is 4.74 Å². The number of tetrazole rings is 1. The van der Waals surface area contributed by atoms with Crippen molar-refractivity contribution < 1.29 is 22.8 Å². The molecular weight excluding hydrogens is 323 g/mol. The third kappa shape index (κ3) is 3.30. The van der Waals surface area contributed by atoms with Gasteiger partial charge in [0.2, 0.25) is 0 Å². The molecule has 2 aromatic rings. The monoisotopic (exact) mass is 333 g/mol. The Morgan fingerprint density at radius 2 is 2.04 bits per heavy atom. The first-order chi connectivity index (χ1) is 10.6. The summed E-state index contributed by atoms with van der Waals surface area (Å²) in [6.07, 6.45) is -5.61. The molecule has 1 aromatic heterocycles. The first-order valence-corrected chi connectivity index (χ1v) is 6.18. The van der Waals surface area contributed by atoms with Gasteiger partial charge in [0, 0.05) is 12.1 Å². The molecule has 0 radical (unpaired) electrons. The van der Waals surface area contributed by atoms with Gasteiger partial charge in [0.15, 0.2) is 5.75 Å². The van der Waals surface area contributed by atoms with E-state index in [0.717, 1.165) is 6.07 Å². The predicted octanol–water partition coefficient (Wildman–Crippen LogP) is 1.67. The second kappa shape index (κ2) is 5.70. The molecule has 0 unspecified atom stereocenters. The summed E-state index contributed by atoms with van der Waals surface area (Å²) in [5.41, 5.74) is -3.74. The van der Waals surface area contributed by atoms with Crippen molar-refractivity contribution in [1.29, 1.82) is 0 Å². The van der Waals surface area contributed by atoms with E-state index in [1.807, 2.05) is 5.10 Å². The van der Waals surface area contributed by atoms with E-state index in [1.54, 1.807) is 0 Å². The standard InChI is InChI=1S/C11H10F3N5O4/c1-5(2)23-9-7(11(12,13)14)3-6(19(21)22)4-8(9)18-10(20)15-16-17-18/h3-5H,1-2H3,(H,15,17,20). The number of nitrogens with one attached hydrogen (secondary N) is 1. The van der Waals surface area contributed by atoms with Crippen molar-refractivity contribution in [3.05, 3.63) is 38.3 Å². The fourth-order valence-electron chi connectivity index (χ4n) is 1.79. The normalized spacial score (nSPS) is 11.7. The Kier molecular flexibility index (Phi) is 4.08. The molecule has 0 bridgehead atoms. The summed E-state index contributed by atoms with van der Waals surface area (Å²) in [6.45, 7) is 2.94. The van der Waals surface area contributed by atoms with Crippen LogP contribution in [0.2, 0.25) is 0 Å². The second-order valence-corrected chi connectivity index (χ2v) is 4.68. The molecule has 1 heterocycles. The molecule has 12 heteroatoms. The second-order valence-electron chi connectivity index (χ2n) is 4.68. The average Bonchev–Trinajstić information content (AvgIpc) is 2.82. The minimum absolute atomic E-state index is 0.340. The maximum Gasteiger partial charge on any atom is 0.420 e. The molecule has 0 aliphatic carbocycles. The molecule has 0 spiro atoms. The van der Waals surface area contributed by atoms with Crippen molar-refractivity contribution in [2.24, 2.45) is 0 Å². The maximum absolute atomic E-state index is 13.2. The molecule has 0 amide bonds. The zero-order chi connectivity index (χ0) is 17.4. The third-order valence-corrected chi connectivity index (χ3v) is 2.62. The Balaban J connectivity index is 2.86. The Morgan fingerprint density at radius 3 is 2.48 bits per heavy atom. The van der Waals surface area contributed by atoms with Gasteiger partial charge in [-0.1, -0.05) is 0 Å². The number of nitro benzene ring substituents is 1. The molecule has 0 aliphatic rings. The number of aromatic nitrogens is 4. The van der Waals surface area contributed by atoms with E-state index in [9.17, 15) is 28.1 Å². The van der Waals surface area contributed by atoms with E-state index in [2.05, 4.69) is 10.4 Å².